The number of hydrogen-bond donors (Lipinski definition) is 0. The fourth-order valence-electron chi connectivity index (χ4n) is 2.26. The fourth-order valence-corrected chi connectivity index (χ4v) is 2.26. The summed E-state index contributed by atoms with van der Waals surface area (Å²) in [6, 6.07) is 7.72. The number of carbonyl (C=O) groups excluding carboxylic acids is 1. The molecular weight excluding hydrogens is 266 g/mol. The molecule has 0 atom stereocenters. The van der Waals surface area contributed by atoms with Gasteiger partial charge in [0.25, 0.3) is 0 Å². The highest BCUT2D eigenvalue weighted by molar-refractivity contribution is 5.84. The van der Waals surface area contributed by atoms with Crippen molar-refractivity contribution in [3.05, 3.63) is 35.5 Å². The Morgan fingerprint density at radius 3 is 2.62 bits per heavy atom. The summed E-state index contributed by atoms with van der Waals surface area (Å²) in [5.74, 6) is 0.233. The van der Waals surface area contributed by atoms with Crippen LogP contribution in [0.2, 0.25) is 0 Å². The van der Waals surface area contributed by atoms with Crippen LogP contribution in [0.25, 0.3) is 10.9 Å². The lowest BCUT2D eigenvalue weighted by Crippen LogP contribution is -2.39. The number of nitrogens with zero attached hydrogens (tertiary/aromatic N) is 1. The van der Waals surface area contributed by atoms with Crippen LogP contribution in [-0.4, -0.2) is 23.2 Å². The van der Waals surface area contributed by atoms with Gasteiger partial charge in [0.2, 0.25) is 0 Å². The van der Waals surface area contributed by atoms with Gasteiger partial charge in [-0.25, -0.2) is 4.79 Å². The Morgan fingerprint density at radius 2 is 1.95 bits per heavy atom. The van der Waals surface area contributed by atoms with Crippen LogP contribution in [0.5, 0.6) is 5.75 Å². The van der Waals surface area contributed by atoms with Crippen molar-refractivity contribution in [2.75, 3.05) is 6.61 Å². The maximum Gasteiger partial charge on any atom is 0.349 e. The first kappa shape index (κ1) is 15.3. The highest BCUT2D eigenvalue weighted by Gasteiger charge is 2.31. The van der Waals surface area contributed by atoms with Gasteiger partial charge in [-0.3, -0.25) is 4.98 Å². The Kier molecular flexibility index (Phi) is 4.16. The Labute approximate surface area is 125 Å². The van der Waals surface area contributed by atoms with Gasteiger partial charge in [-0.15, -0.1) is 0 Å². The molecule has 0 fully saturated rings. The van der Waals surface area contributed by atoms with Crippen molar-refractivity contribution in [2.45, 2.75) is 40.2 Å². The molecule has 0 saturated carbocycles. The quantitative estimate of drug-likeness (QED) is 0.807. The zero-order valence-electron chi connectivity index (χ0n) is 13.2. The number of benzene rings is 1. The van der Waals surface area contributed by atoms with Gasteiger partial charge in [-0.2, -0.15) is 0 Å². The van der Waals surface area contributed by atoms with Crippen LogP contribution >= 0.6 is 0 Å². The van der Waals surface area contributed by atoms with Gasteiger partial charge in [0.1, 0.15) is 5.75 Å². The monoisotopic (exact) mass is 287 g/mol. The fraction of sp³-hybridized carbons (Fsp3) is 0.412. The second kappa shape index (κ2) is 5.72. The maximum atomic E-state index is 11.9. The largest absolute Gasteiger partial charge is 0.476 e. The van der Waals surface area contributed by atoms with E-state index in [9.17, 15) is 4.79 Å². The van der Waals surface area contributed by atoms with E-state index in [2.05, 4.69) is 11.9 Å². The molecule has 21 heavy (non-hydrogen) atoms. The molecule has 0 bridgehead atoms. The highest BCUT2D eigenvalue weighted by Crippen LogP contribution is 2.26. The second-order valence-corrected chi connectivity index (χ2v) is 5.59. The molecule has 0 radical (unpaired) electrons. The van der Waals surface area contributed by atoms with Crippen molar-refractivity contribution in [2.24, 2.45) is 0 Å². The van der Waals surface area contributed by atoms with E-state index in [0.29, 0.717) is 12.4 Å². The topological polar surface area (TPSA) is 48.4 Å². The Balaban J connectivity index is 2.33. The number of rotatable bonds is 4. The van der Waals surface area contributed by atoms with Gasteiger partial charge < -0.3 is 9.47 Å². The second-order valence-electron chi connectivity index (χ2n) is 5.59. The summed E-state index contributed by atoms with van der Waals surface area (Å²) in [5, 5.41) is 1.09. The highest BCUT2D eigenvalue weighted by atomic mass is 16.6. The summed E-state index contributed by atoms with van der Waals surface area (Å²) in [6.45, 7) is 9.53. The Hall–Kier alpha value is -2.10. The van der Waals surface area contributed by atoms with Crippen molar-refractivity contribution in [3.8, 4) is 5.75 Å². The van der Waals surface area contributed by atoms with E-state index in [1.165, 1.54) is 5.56 Å². The van der Waals surface area contributed by atoms with E-state index in [1.54, 1.807) is 20.8 Å². The predicted octanol–water partition coefficient (Wildman–Crippen LogP) is 3.57. The van der Waals surface area contributed by atoms with Crippen LogP contribution in [0.1, 0.15) is 32.0 Å². The van der Waals surface area contributed by atoms with Crippen LogP contribution < -0.4 is 4.74 Å². The molecule has 112 valence electrons. The molecule has 0 spiro atoms. The molecule has 2 rings (SSSR count). The summed E-state index contributed by atoms with van der Waals surface area (Å²) < 4.78 is 10.8. The Morgan fingerprint density at radius 1 is 1.24 bits per heavy atom. The van der Waals surface area contributed by atoms with Gasteiger partial charge in [0, 0.05) is 17.1 Å². The van der Waals surface area contributed by atoms with E-state index >= 15 is 0 Å². The molecule has 0 saturated heterocycles. The third-order valence-electron chi connectivity index (χ3n) is 3.26. The first-order valence-corrected chi connectivity index (χ1v) is 7.07. The molecule has 4 heteroatoms. The third kappa shape index (κ3) is 3.32. The minimum atomic E-state index is -1.03. The smallest absolute Gasteiger partial charge is 0.349 e. The lowest BCUT2D eigenvalue weighted by atomic mass is 10.1. The molecule has 2 aromatic rings. The summed E-state index contributed by atoms with van der Waals surface area (Å²) in [4.78, 5) is 16.4. The van der Waals surface area contributed by atoms with E-state index in [-0.39, 0.29) is 5.97 Å². The van der Waals surface area contributed by atoms with Gasteiger partial charge >= 0.3 is 5.97 Å². The first-order chi connectivity index (χ1) is 9.83. The van der Waals surface area contributed by atoms with Crippen LogP contribution in [0, 0.1) is 13.8 Å². The maximum absolute atomic E-state index is 11.9. The van der Waals surface area contributed by atoms with Crippen LogP contribution in [0.4, 0.5) is 0 Å². The zero-order valence-corrected chi connectivity index (χ0v) is 13.2. The third-order valence-corrected chi connectivity index (χ3v) is 3.26. The molecule has 4 nitrogen and oxygen atoms in total. The summed E-state index contributed by atoms with van der Waals surface area (Å²) in [7, 11) is 0. The van der Waals surface area contributed by atoms with Crippen molar-refractivity contribution in [3.63, 3.8) is 0 Å². The Bertz CT molecular complexity index is 677. The SMILES string of the molecule is CCOC(=O)C(C)(C)Oc1ccc2c(C)cc(C)nc2c1. The summed E-state index contributed by atoms with van der Waals surface area (Å²) in [5.41, 5.74) is 1.97. The number of esters is 1. The molecule has 1 aromatic heterocycles. The number of ether oxygens (including phenoxy) is 2. The van der Waals surface area contributed by atoms with E-state index < -0.39 is 5.60 Å². The lowest BCUT2D eigenvalue weighted by molar-refractivity contribution is -0.158. The minimum absolute atomic E-state index is 0.337. The number of aryl methyl sites for hydroxylation is 2. The standard InChI is InChI=1S/C17H21NO3/c1-6-20-16(19)17(4,5)21-13-7-8-14-11(2)9-12(3)18-15(14)10-13/h7-10H,6H2,1-5H3. The van der Waals surface area contributed by atoms with Gasteiger partial charge in [0.15, 0.2) is 5.60 Å². The van der Waals surface area contributed by atoms with Crippen molar-refractivity contribution < 1.29 is 14.3 Å². The van der Waals surface area contributed by atoms with E-state index in [1.807, 2.05) is 31.2 Å². The van der Waals surface area contributed by atoms with E-state index in [4.69, 9.17) is 9.47 Å². The van der Waals surface area contributed by atoms with Crippen molar-refractivity contribution in [1.29, 1.82) is 0 Å². The van der Waals surface area contributed by atoms with Crippen LogP contribution in [0.15, 0.2) is 24.3 Å². The average molecular weight is 287 g/mol. The molecule has 0 aliphatic heterocycles. The summed E-state index contributed by atoms with van der Waals surface area (Å²) in [6.07, 6.45) is 0. The number of hydrogen-bond acceptors (Lipinski definition) is 4. The number of carbonyl (C=O) groups is 1. The molecule has 0 N–H and O–H groups in total. The van der Waals surface area contributed by atoms with Crippen molar-refractivity contribution in [1.82, 2.24) is 4.98 Å². The van der Waals surface area contributed by atoms with Crippen LogP contribution in [0.3, 0.4) is 0 Å². The van der Waals surface area contributed by atoms with Crippen molar-refractivity contribution >= 4 is 16.9 Å². The minimum Gasteiger partial charge on any atom is -0.476 e. The zero-order chi connectivity index (χ0) is 15.6. The number of fused-ring (bicyclic) bond motifs is 1. The molecule has 1 heterocycles. The van der Waals surface area contributed by atoms with Gasteiger partial charge in [0.05, 0.1) is 12.1 Å². The normalized spacial score (nSPS) is 11.5. The molecule has 1 aromatic carbocycles. The molecule has 0 aliphatic rings. The number of aromatic nitrogens is 1. The number of pyridine rings is 1. The molecule has 0 amide bonds. The predicted molar refractivity (Wildman–Crippen MR) is 82.6 cm³/mol. The van der Waals surface area contributed by atoms with Gasteiger partial charge in [-0.1, -0.05) is 0 Å². The lowest BCUT2D eigenvalue weighted by Gasteiger charge is -2.24. The molecule has 0 aliphatic carbocycles. The van der Waals surface area contributed by atoms with Crippen LogP contribution in [-0.2, 0) is 9.53 Å². The molecule has 0 unspecified atom stereocenters. The van der Waals surface area contributed by atoms with E-state index in [0.717, 1.165) is 16.6 Å². The average Bonchev–Trinajstić information content (AvgIpc) is 2.37. The summed E-state index contributed by atoms with van der Waals surface area (Å²) >= 11 is 0. The van der Waals surface area contributed by atoms with Gasteiger partial charge in [-0.05, 0) is 58.4 Å². The first-order valence-electron chi connectivity index (χ1n) is 7.07. The molecular formula is C17H21NO3.